The highest BCUT2D eigenvalue weighted by atomic mass is 79.9. The molecular formula is C26H38BrN5O3. The number of fused-ring (bicyclic) bond motifs is 1. The third-order valence-electron chi connectivity index (χ3n) is 5.25. The van der Waals surface area contributed by atoms with Gasteiger partial charge in [-0.1, -0.05) is 28.9 Å². The first-order valence-corrected chi connectivity index (χ1v) is 12.7. The van der Waals surface area contributed by atoms with Crippen molar-refractivity contribution in [2.45, 2.75) is 26.7 Å². The molecule has 8 nitrogen and oxygen atoms in total. The molecular weight excluding hydrogens is 510 g/mol. The fraction of sp³-hybridized carbons (Fsp3) is 0.462. The number of hydrogen-bond acceptors (Lipinski definition) is 7. The van der Waals surface area contributed by atoms with Gasteiger partial charge in [-0.2, -0.15) is 0 Å². The topological polar surface area (TPSA) is 93.7 Å². The van der Waals surface area contributed by atoms with Gasteiger partial charge in [-0.15, -0.1) is 0 Å². The van der Waals surface area contributed by atoms with Crippen molar-refractivity contribution >= 4 is 28.5 Å². The van der Waals surface area contributed by atoms with Gasteiger partial charge in [0.25, 0.3) is 0 Å². The Hall–Kier alpha value is -2.62. The van der Waals surface area contributed by atoms with Crippen LogP contribution >= 0.6 is 15.9 Å². The monoisotopic (exact) mass is 547 g/mol. The summed E-state index contributed by atoms with van der Waals surface area (Å²) in [6, 6.07) is 5.89. The fourth-order valence-corrected chi connectivity index (χ4v) is 3.46. The Bertz CT molecular complexity index is 918. The van der Waals surface area contributed by atoms with Gasteiger partial charge in [0.2, 0.25) is 0 Å². The van der Waals surface area contributed by atoms with Gasteiger partial charge in [-0.3, -0.25) is 14.9 Å². The first-order chi connectivity index (χ1) is 17.1. The lowest BCUT2D eigenvalue weighted by molar-refractivity contribution is 0.0358. The summed E-state index contributed by atoms with van der Waals surface area (Å²) < 4.78 is 18.4. The van der Waals surface area contributed by atoms with E-state index in [4.69, 9.17) is 19.9 Å². The third-order valence-corrected chi connectivity index (χ3v) is 6.04. The van der Waals surface area contributed by atoms with E-state index in [0.717, 1.165) is 78.6 Å². The van der Waals surface area contributed by atoms with E-state index in [0.29, 0.717) is 13.2 Å². The molecule has 1 saturated heterocycles. The molecule has 0 spiro atoms. The Kier molecular flexibility index (Phi) is 13.8. The summed E-state index contributed by atoms with van der Waals surface area (Å²) >= 11 is 3.56. The van der Waals surface area contributed by atoms with Crippen LogP contribution in [0.15, 0.2) is 62.5 Å². The van der Waals surface area contributed by atoms with Gasteiger partial charge in [-0.25, -0.2) is 0 Å². The second-order valence-corrected chi connectivity index (χ2v) is 8.81. The summed E-state index contributed by atoms with van der Waals surface area (Å²) in [6.07, 6.45) is 10.9. The molecule has 2 heterocycles. The normalized spacial score (nSPS) is 16.5. The van der Waals surface area contributed by atoms with Gasteiger partial charge < -0.3 is 25.3 Å². The lowest BCUT2D eigenvalue weighted by Gasteiger charge is -2.26. The first kappa shape index (κ1) is 28.6. The number of ether oxygens (including phenoxy) is 3. The zero-order valence-electron chi connectivity index (χ0n) is 21.0. The minimum Gasteiger partial charge on any atom is -0.493 e. The van der Waals surface area contributed by atoms with E-state index < -0.39 is 0 Å². The van der Waals surface area contributed by atoms with Crippen LogP contribution < -0.4 is 20.5 Å². The zero-order valence-corrected chi connectivity index (χ0v) is 22.6. The van der Waals surface area contributed by atoms with E-state index >= 15 is 0 Å². The predicted molar refractivity (Wildman–Crippen MR) is 148 cm³/mol. The number of hydrogen-bond donors (Lipinski definition) is 2. The number of allylic oxidation sites excluding steroid dienone is 3. The molecule has 0 amide bonds. The van der Waals surface area contributed by atoms with Crippen LogP contribution in [-0.2, 0) is 4.74 Å². The molecule has 0 unspecified atom stereocenters. The quantitative estimate of drug-likeness (QED) is 0.197. The van der Waals surface area contributed by atoms with Crippen LogP contribution in [0.3, 0.4) is 0 Å². The first-order valence-electron chi connectivity index (χ1n) is 11.9. The number of halogens is 1. The van der Waals surface area contributed by atoms with Crippen LogP contribution in [0.4, 0.5) is 0 Å². The summed E-state index contributed by atoms with van der Waals surface area (Å²) in [5.74, 6) is 1.57. The van der Waals surface area contributed by atoms with E-state index in [1.807, 2.05) is 37.4 Å². The number of aliphatic imine (C=N–C) groups is 2. The standard InChI is InChI=1S/C24H32BrN3O3.C2H6N2/c1-3-20(25)14-21(4-2)27-17-22-18-31-24-15-23(7-6-19(24)16-26-22)30-11-5-8-28-9-12-29-13-10-28;1-4-2-3/h4,6-7,14-16,18,27H,3,5,8-13,17H2,1-2H3;2H,1H3,(H2,3,4)/b20-14+,21-4+;. The summed E-state index contributed by atoms with van der Waals surface area (Å²) in [6.45, 7) is 10.1. The fourth-order valence-electron chi connectivity index (χ4n) is 3.22. The Morgan fingerprint density at radius 3 is 2.80 bits per heavy atom. The molecule has 1 aromatic carbocycles. The molecule has 0 aliphatic carbocycles. The molecule has 0 bridgehead atoms. The number of benzene rings is 1. The predicted octanol–water partition coefficient (Wildman–Crippen LogP) is 4.23. The minimum atomic E-state index is 0.579. The second kappa shape index (κ2) is 16.9. The van der Waals surface area contributed by atoms with E-state index in [1.165, 1.54) is 6.34 Å². The van der Waals surface area contributed by atoms with Crippen LogP contribution in [0.5, 0.6) is 11.5 Å². The highest BCUT2D eigenvalue weighted by molar-refractivity contribution is 9.11. The van der Waals surface area contributed by atoms with Gasteiger partial charge >= 0.3 is 0 Å². The van der Waals surface area contributed by atoms with Gasteiger partial charge in [0.1, 0.15) is 17.8 Å². The van der Waals surface area contributed by atoms with E-state index in [9.17, 15) is 0 Å². The highest BCUT2D eigenvalue weighted by Gasteiger charge is 2.11. The van der Waals surface area contributed by atoms with Gasteiger partial charge in [0.15, 0.2) is 0 Å². The Morgan fingerprint density at radius 2 is 2.11 bits per heavy atom. The van der Waals surface area contributed by atoms with E-state index in [1.54, 1.807) is 13.3 Å². The molecule has 35 heavy (non-hydrogen) atoms. The zero-order chi connectivity index (χ0) is 25.3. The summed E-state index contributed by atoms with van der Waals surface area (Å²) in [7, 11) is 1.62. The Morgan fingerprint density at radius 1 is 1.34 bits per heavy atom. The van der Waals surface area contributed by atoms with Crippen molar-refractivity contribution in [1.29, 1.82) is 0 Å². The molecule has 3 rings (SSSR count). The number of nitrogens with zero attached hydrogens (tertiary/aromatic N) is 3. The molecule has 2 aliphatic rings. The summed E-state index contributed by atoms with van der Waals surface area (Å²) in [4.78, 5) is 10.4. The van der Waals surface area contributed by atoms with Crippen molar-refractivity contribution in [1.82, 2.24) is 10.2 Å². The van der Waals surface area contributed by atoms with Crippen LogP contribution in [0.25, 0.3) is 0 Å². The Labute approximate surface area is 217 Å². The van der Waals surface area contributed by atoms with Crippen molar-refractivity contribution in [3.05, 3.63) is 58.1 Å². The van der Waals surface area contributed by atoms with E-state index in [-0.39, 0.29) is 0 Å². The van der Waals surface area contributed by atoms with Crippen molar-refractivity contribution in [3.63, 3.8) is 0 Å². The molecule has 0 saturated carbocycles. The lowest BCUT2D eigenvalue weighted by Crippen LogP contribution is -2.37. The SMILES string of the molecule is C/C=C(\C=C(\Br)CC)NCC1=COc2cc(OCCCN3CCOCC3)ccc2C=N1.CN=CN. The Balaban J connectivity index is 0.00000100. The number of morpholine rings is 1. The maximum atomic E-state index is 5.94. The van der Waals surface area contributed by atoms with E-state index in [2.05, 4.69) is 49.1 Å². The van der Waals surface area contributed by atoms with Crippen molar-refractivity contribution in [2.75, 3.05) is 53.0 Å². The smallest absolute Gasteiger partial charge is 0.139 e. The molecule has 0 aromatic heterocycles. The largest absolute Gasteiger partial charge is 0.493 e. The average molecular weight is 549 g/mol. The van der Waals surface area contributed by atoms with Gasteiger partial charge in [0, 0.05) is 50.2 Å². The second-order valence-electron chi connectivity index (χ2n) is 7.79. The van der Waals surface area contributed by atoms with Crippen LogP contribution in [0.1, 0.15) is 32.3 Å². The van der Waals surface area contributed by atoms with Crippen molar-refractivity contribution in [3.8, 4) is 11.5 Å². The summed E-state index contributed by atoms with van der Waals surface area (Å²) in [5.41, 5.74) is 7.54. The van der Waals surface area contributed by atoms with Crippen LogP contribution in [-0.4, -0.2) is 70.5 Å². The lowest BCUT2D eigenvalue weighted by atomic mass is 10.2. The van der Waals surface area contributed by atoms with Gasteiger partial charge in [-0.05, 0) is 42.5 Å². The molecule has 0 atom stereocenters. The third kappa shape index (κ3) is 11.1. The molecule has 192 valence electrons. The summed E-state index contributed by atoms with van der Waals surface area (Å²) in [5, 5.41) is 3.39. The number of nitrogens with two attached hydrogens (primary N) is 1. The van der Waals surface area contributed by atoms with Crippen molar-refractivity contribution < 1.29 is 14.2 Å². The average Bonchev–Trinajstić information content (AvgIpc) is 3.11. The molecule has 3 N–H and O–H groups in total. The van der Waals surface area contributed by atoms with Crippen LogP contribution in [0, 0.1) is 0 Å². The van der Waals surface area contributed by atoms with Crippen LogP contribution in [0.2, 0.25) is 0 Å². The maximum Gasteiger partial charge on any atom is 0.139 e. The molecule has 9 heteroatoms. The molecule has 1 aromatic rings. The highest BCUT2D eigenvalue weighted by Crippen LogP contribution is 2.26. The minimum absolute atomic E-state index is 0.579. The van der Waals surface area contributed by atoms with Crippen molar-refractivity contribution in [2.24, 2.45) is 15.7 Å². The molecule has 0 radical (unpaired) electrons. The number of rotatable bonds is 10. The van der Waals surface area contributed by atoms with Gasteiger partial charge in [0.05, 0.1) is 38.4 Å². The number of nitrogens with one attached hydrogen (secondary N) is 1. The molecule has 2 aliphatic heterocycles. The molecule has 1 fully saturated rings. The maximum absolute atomic E-state index is 5.94.